The molecule has 0 saturated heterocycles. The van der Waals surface area contributed by atoms with Gasteiger partial charge in [-0.1, -0.05) is 25.4 Å². The van der Waals surface area contributed by atoms with Crippen molar-refractivity contribution in [1.82, 2.24) is 4.72 Å². The molecule has 0 aliphatic rings. The fraction of sp³-hybridized carbons (Fsp3) is 0.455. The maximum Gasteiger partial charge on any atom is 0.243 e. The van der Waals surface area contributed by atoms with Gasteiger partial charge in [-0.05, 0) is 30.5 Å². The molecule has 1 aromatic carbocycles. The van der Waals surface area contributed by atoms with E-state index < -0.39 is 15.8 Å². The lowest BCUT2D eigenvalue weighted by molar-refractivity contribution is 0.540. The molecule has 1 N–H and O–H groups in total. The largest absolute Gasteiger partial charge is 0.243 e. The molecular weight excluding hydrogens is 265 g/mol. The first-order valence-electron chi connectivity index (χ1n) is 5.27. The second kappa shape index (κ2) is 5.80. The Morgan fingerprint density at radius 2 is 2.06 bits per heavy atom. The van der Waals surface area contributed by atoms with Crippen molar-refractivity contribution in [2.45, 2.75) is 25.2 Å². The van der Waals surface area contributed by atoms with Gasteiger partial charge in [-0.25, -0.2) is 17.5 Å². The smallest absolute Gasteiger partial charge is 0.211 e. The van der Waals surface area contributed by atoms with Gasteiger partial charge >= 0.3 is 0 Å². The van der Waals surface area contributed by atoms with E-state index in [-0.39, 0.29) is 9.92 Å². The molecule has 0 saturated carbocycles. The Labute approximate surface area is 106 Å². The fourth-order valence-corrected chi connectivity index (χ4v) is 2.52. The summed E-state index contributed by atoms with van der Waals surface area (Å²) in [6.07, 6.45) is 0.703. The summed E-state index contributed by atoms with van der Waals surface area (Å²) in [5.41, 5.74) is 0. The Morgan fingerprint density at radius 1 is 1.41 bits per heavy atom. The van der Waals surface area contributed by atoms with E-state index in [9.17, 15) is 12.8 Å². The van der Waals surface area contributed by atoms with Gasteiger partial charge in [0.2, 0.25) is 10.0 Å². The van der Waals surface area contributed by atoms with Crippen molar-refractivity contribution >= 4 is 21.6 Å². The molecule has 0 amide bonds. The quantitative estimate of drug-likeness (QED) is 0.901. The second-order valence-corrected chi connectivity index (χ2v) is 6.33. The molecule has 0 heterocycles. The molecule has 0 bridgehead atoms. The van der Waals surface area contributed by atoms with Crippen LogP contribution in [0, 0.1) is 11.7 Å². The molecule has 17 heavy (non-hydrogen) atoms. The molecule has 0 spiro atoms. The average Bonchev–Trinajstić information content (AvgIpc) is 2.15. The van der Waals surface area contributed by atoms with Gasteiger partial charge in [0, 0.05) is 11.6 Å². The third-order valence-electron chi connectivity index (χ3n) is 2.20. The topological polar surface area (TPSA) is 46.2 Å². The minimum Gasteiger partial charge on any atom is -0.211 e. The van der Waals surface area contributed by atoms with Gasteiger partial charge in [0.1, 0.15) is 10.7 Å². The Bertz CT molecular complexity index is 488. The molecule has 0 aliphatic heterocycles. The Kier molecular flexibility index (Phi) is 4.91. The molecule has 1 rings (SSSR count). The molecule has 0 aromatic heterocycles. The van der Waals surface area contributed by atoms with Gasteiger partial charge in [-0.3, -0.25) is 0 Å². The van der Waals surface area contributed by atoms with Crippen LogP contribution in [-0.4, -0.2) is 15.0 Å². The lowest BCUT2D eigenvalue weighted by Crippen LogP contribution is -2.26. The Hall–Kier alpha value is -0.650. The SMILES string of the molecule is CC(C)CCNS(=O)(=O)c1ccc(Cl)cc1F. The predicted octanol–water partition coefficient (Wildman–Crippen LogP) is 2.80. The van der Waals surface area contributed by atoms with E-state index in [1.54, 1.807) is 0 Å². The summed E-state index contributed by atoms with van der Waals surface area (Å²) in [6, 6.07) is 3.50. The van der Waals surface area contributed by atoms with E-state index >= 15 is 0 Å². The minimum atomic E-state index is -3.79. The molecule has 0 unspecified atom stereocenters. The van der Waals surface area contributed by atoms with Gasteiger partial charge in [-0.2, -0.15) is 0 Å². The maximum absolute atomic E-state index is 13.4. The number of benzene rings is 1. The standard InChI is InChI=1S/C11H15ClFNO2S/c1-8(2)5-6-14-17(15,16)11-4-3-9(12)7-10(11)13/h3-4,7-8,14H,5-6H2,1-2H3. The van der Waals surface area contributed by atoms with Crippen LogP contribution in [0.2, 0.25) is 5.02 Å². The number of nitrogens with one attached hydrogen (secondary N) is 1. The first kappa shape index (κ1) is 14.4. The molecule has 6 heteroatoms. The third-order valence-corrected chi connectivity index (χ3v) is 3.93. The predicted molar refractivity (Wildman–Crippen MR) is 66.1 cm³/mol. The summed E-state index contributed by atoms with van der Waals surface area (Å²) >= 11 is 5.56. The van der Waals surface area contributed by atoms with Crippen LogP contribution in [0.5, 0.6) is 0 Å². The van der Waals surface area contributed by atoms with Crippen LogP contribution in [0.3, 0.4) is 0 Å². The average molecular weight is 280 g/mol. The molecule has 1 aromatic rings. The van der Waals surface area contributed by atoms with Crippen LogP contribution in [0.1, 0.15) is 20.3 Å². The zero-order valence-corrected chi connectivity index (χ0v) is 11.3. The maximum atomic E-state index is 13.4. The summed E-state index contributed by atoms with van der Waals surface area (Å²) in [7, 11) is -3.79. The molecule has 0 fully saturated rings. The van der Waals surface area contributed by atoms with Crippen molar-refractivity contribution < 1.29 is 12.8 Å². The second-order valence-electron chi connectivity index (χ2n) is 4.16. The monoisotopic (exact) mass is 279 g/mol. The summed E-state index contributed by atoms with van der Waals surface area (Å²) in [5.74, 6) is -0.456. The van der Waals surface area contributed by atoms with Crippen molar-refractivity contribution in [2.24, 2.45) is 5.92 Å². The highest BCUT2D eigenvalue weighted by atomic mass is 35.5. The van der Waals surface area contributed by atoms with Crippen LogP contribution >= 0.6 is 11.6 Å². The van der Waals surface area contributed by atoms with Crippen molar-refractivity contribution in [3.63, 3.8) is 0 Å². The Morgan fingerprint density at radius 3 is 2.59 bits per heavy atom. The third kappa shape index (κ3) is 4.26. The van der Waals surface area contributed by atoms with Gasteiger partial charge in [0.25, 0.3) is 0 Å². The number of hydrogen-bond donors (Lipinski definition) is 1. The lowest BCUT2D eigenvalue weighted by atomic mass is 10.1. The van der Waals surface area contributed by atoms with Crippen LogP contribution < -0.4 is 4.72 Å². The first-order chi connectivity index (χ1) is 7.83. The van der Waals surface area contributed by atoms with Crippen molar-refractivity contribution in [3.05, 3.63) is 29.0 Å². The van der Waals surface area contributed by atoms with E-state index in [4.69, 9.17) is 11.6 Å². The highest BCUT2D eigenvalue weighted by Gasteiger charge is 2.18. The summed E-state index contributed by atoms with van der Waals surface area (Å²) in [6.45, 7) is 4.26. The van der Waals surface area contributed by atoms with E-state index in [0.29, 0.717) is 18.9 Å². The van der Waals surface area contributed by atoms with E-state index in [1.807, 2.05) is 13.8 Å². The zero-order chi connectivity index (χ0) is 13.1. The summed E-state index contributed by atoms with van der Waals surface area (Å²) in [4.78, 5) is -0.370. The summed E-state index contributed by atoms with van der Waals surface area (Å²) in [5, 5.41) is 0.170. The van der Waals surface area contributed by atoms with E-state index in [1.165, 1.54) is 6.07 Å². The van der Waals surface area contributed by atoms with Gasteiger partial charge in [0.15, 0.2) is 0 Å². The van der Waals surface area contributed by atoms with Crippen molar-refractivity contribution in [2.75, 3.05) is 6.54 Å². The van der Waals surface area contributed by atoms with E-state index in [2.05, 4.69) is 4.72 Å². The lowest BCUT2D eigenvalue weighted by Gasteiger charge is -2.09. The molecule has 96 valence electrons. The van der Waals surface area contributed by atoms with Crippen LogP contribution in [0.25, 0.3) is 0 Å². The fourth-order valence-electron chi connectivity index (χ4n) is 1.25. The number of hydrogen-bond acceptors (Lipinski definition) is 2. The minimum absolute atomic E-state index is 0.170. The number of rotatable bonds is 5. The molecular formula is C11H15ClFNO2S. The molecule has 0 aliphatic carbocycles. The van der Waals surface area contributed by atoms with Crippen LogP contribution in [-0.2, 0) is 10.0 Å². The highest BCUT2D eigenvalue weighted by Crippen LogP contribution is 2.18. The van der Waals surface area contributed by atoms with Gasteiger partial charge < -0.3 is 0 Å². The van der Waals surface area contributed by atoms with Gasteiger partial charge in [-0.15, -0.1) is 0 Å². The van der Waals surface area contributed by atoms with Crippen LogP contribution in [0.4, 0.5) is 4.39 Å². The first-order valence-corrected chi connectivity index (χ1v) is 7.14. The summed E-state index contributed by atoms with van der Waals surface area (Å²) < 4.78 is 39.3. The molecule has 3 nitrogen and oxygen atoms in total. The number of sulfonamides is 1. The van der Waals surface area contributed by atoms with Crippen molar-refractivity contribution in [1.29, 1.82) is 0 Å². The number of halogens is 2. The van der Waals surface area contributed by atoms with E-state index in [0.717, 1.165) is 12.1 Å². The van der Waals surface area contributed by atoms with Crippen LogP contribution in [0.15, 0.2) is 23.1 Å². The molecule has 0 atom stereocenters. The molecule has 0 radical (unpaired) electrons. The Balaban J connectivity index is 2.83. The van der Waals surface area contributed by atoms with Crippen molar-refractivity contribution in [3.8, 4) is 0 Å². The zero-order valence-electron chi connectivity index (χ0n) is 9.70. The van der Waals surface area contributed by atoms with Gasteiger partial charge in [0.05, 0.1) is 0 Å². The highest BCUT2D eigenvalue weighted by molar-refractivity contribution is 7.89. The normalized spacial score (nSPS) is 12.1.